The third kappa shape index (κ3) is 4.38. The van der Waals surface area contributed by atoms with Gasteiger partial charge in [-0.2, -0.15) is 0 Å². The van der Waals surface area contributed by atoms with E-state index in [-0.39, 0.29) is 11.9 Å². The summed E-state index contributed by atoms with van der Waals surface area (Å²) >= 11 is 0. The number of carbonyl (C=O) groups excluding carboxylic acids is 1. The Balaban J connectivity index is 1.68. The number of nitrogens with two attached hydrogens (primary N) is 1. The molecule has 3 heterocycles. The Hall–Kier alpha value is -4.66. The van der Waals surface area contributed by atoms with E-state index >= 15 is 0 Å². The zero-order valence-electron chi connectivity index (χ0n) is 20.0. The number of carbonyl (C=O) groups is 1. The predicted octanol–water partition coefficient (Wildman–Crippen LogP) is 5.28. The number of hydrogen-bond donors (Lipinski definition) is 2. The first-order valence-corrected chi connectivity index (χ1v) is 11.3. The van der Waals surface area contributed by atoms with Crippen LogP contribution in [0.1, 0.15) is 31.1 Å². The van der Waals surface area contributed by atoms with E-state index in [1.165, 1.54) is 18.2 Å². The molecule has 0 saturated heterocycles. The van der Waals surface area contributed by atoms with Crippen LogP contribution in [0.25, 0.3) is 33.5 Å². The largest absolute Gasteiger partial charge is 0.368 e. The quantitative estimate of drug-likeness (QED) is 0.361. The molecule has 36 heavy (non-hydrogen) atoms. The molecule has 0 atom stereocenters. The summed E-state index contributed by atoms with van der Waals surface area (Å²) in [5.74, 6) is -0.165. The van der Waals surface area contributed by atoms with Gasteiger partial charge in [0.05, 0.1) is 28.5 Å². The smallest absolute Gasteiger partial charge is 0.256 e. The lowest BCUT2D eigenvalue weighted by atomic mass is 10.0. The number of amides is 1. The number of halogens is 1. The van der Waals surface area contributed by atoms with Crippen molar-refractivity contribution in [3.8, 4) is 22.5 Å². The molecule has 9 heteroatoms. The Bertz CT molecular complexity index is 1570. The van der Waals surface area contributed by atoms with Crippen molar-refractivity contribution in [1.82, 2.24) is 24.5 Å². The zero-order chi connectivity index (χ0) is 25.4. The first-order chi connectivity index (χ1) is 17.2. The van der Waals surface area contributed by atoms with Crippen LogP contribution in [0, 0.1) is 5.82 Å². The van der Waals surface area contributed by atoms with Crippen molar-refractivity contribution < 1.29 is 9.18 Å². The number of fused-ring (bicyclic) bond motifs is 1. The van der Waals surface area contributed by atoms with Crippen LogP contribution in [0.4, 0.5) is 16.0 Å². The maximum atomic E-state index is 14.5. The predicted molar refractivity (Wildman–Crippen MR) is 138 cm³/mol. The van der Waals surface area contributed by atoms with Crippen LogP contribution in [0.3, 0.4) is 0 Å². The Kier molecular flexibility index (Phi) is 5.68. The van der Waals surface area contributed by atoms with Crippen LogP contribution in [0.5, 0.6) is 0 Å². The molecule has 0 bridgehead atoms. The van der Waals surface area contributed by atoms with Gasteiger partial charge < -0.3 is 15.6 Å². The van der Waals surface area contributed by atoms with Gasteiger partial charge in [0.15, 0.2) is 0 Å². The molecule has 5 rings (SSSR count). The average molecular weight is 482 g/mol. The molecule has 0 aliphatic rings. The minimum Gasteiger partial charge on any atom is -0.368 e. The van der Waals surface area contributed by atoms with Crippen molar-refractivity contribution in [3.63, 3.8) is 0 Å². The van der Waals surface area contributed by atoms with Crippen LogP contribution >= 0.6 is 0 Å². The molecular weight excluding hydrogens is 457 g/mol. The van der Waals surface area contributed by atoms with E-state index in [2.05, 4.69) is 20.3 Å². The molecule has 0 spiro atoms. The second-order valence-corrected chi connectivity index (χ2v) is 9.36. The summed E-state index contributed by atoms with van der Waals surface area (Å²) in [6.07, 6.45) is 6.47. The molecule has 0 fully saturated rings. The Morgan fingerprint density at radius 3 is 2.47 bits per heavy atom. The molecule has 0 saturated carbocycles. The molecule has 2 aromatic carbocycles. The number of nitrogen functional groups attached to an aromatic ring is 1. The average Bonchev–Trinajstić information content (AvgIpc) is 3.24. The standard InChI is InChI=1S/C27H24FN7O/c1-27(2,3)35-23-9-6-16(17-13-31-26(29)32-14-17)11-22(23)34-24(35)21-12-18(28)7-8-20(21)25(36)33-19-5-4-10-30-15-19/h4-15H,1-3H3,(H,33,36)(H2,29,31,32). The third-order valence-electron chi connectivity index (χ3n) is 5.72. The van der Waals surface area contributed by atoms with E-state index in [0.29, 0.717) is 28.2 Å². The van der Waals surface area contributed by atoms with Gasteiger partial charge in [0, 0.05) is 35.3 Å². The number of rotatable bonds is 4. The number of pyridine rings is 1. The van der Waals surface area contributed by atoms with E-state index in [1.54, 1.807) is 36.9 Å². The van der Waals surface area contributed by atoms with Gasteiger partial charge in [-0.3, -0.25) is 9.78 Å². The fraction of sp³-hybridized carbons (Fsp3) is 0.148. The monoisotopic (exact) mass is 481 g/mol. The zero-order valence-corrected chi connectivity index (χ0v) is 20.0. The molecule has 0 unspecified atom stereocenters. The molecule has 0 aliphatic heterocycles. The van der Waals surface area contributed by atoms with E-state index in [0.717, 1.165) is 16.6 Å². The summed E-state index contributed by atoms with van der Waals surface area (Å²) in [5, 5.41) is 2.83. The summed E-state index contributed by atoms with van der Waals surface area (Å²) in [5.41, 5.74) is 9.63. The summed E-state index contributed by atoms with van der Waals surface area (Å²) < 4.78 is 16.5. The van der Waals surface area contributed by atoms with E-state index in [1.807, 2.05) is 43.5 Å². The lowest BCUT2D eigenvalue weighted by Gasteiger charge is -2.25. The lowest BCUT2D eigenvalue weighted by molar-refractivity contribution is 0.102. The summed E-state index contributed by atoms with van der Waals surface area (Å²) in [6.45, 7) is 6.11. The molecule has 0 aliphatic carbocycles. The van der Waals surface area contributed by atoms with Crippen molar-refractivity contribution in [1.29, 1.82) is 0 Å². The van der Waals surface area contributed by atoms with E-state index < -0.39 is 11.4 Å². The van der Waals surface area contributed by atoms with Crippen molar-refractivity contribution in [2.45, 2.75) is 26.3 Å². The topological polar surface area (TPSA) is 112 Å². The lowest BCUT2D eigenvalue weighted by Crippen LogP contribution is -2.23. The van der Waals surface area contributed by atoms with Gasteiger partial charge >= 0.3 is 0 Å². The van der Waals surface area contributed by atoms with Gasteiger partial charge in [0.2, 0.25) is 5.95 Å². The number of nitrogens with zero attached hydrogens (tertiary/aromatic N) is 5. The minimum atomic E-state index is -0.463. The normalized spacial score (nSPS) is 11.6. The maximum Gasteiger partial charge on any atom is 0.256 e. The second-order valence-electron chi connectivity index (χ2n) is 9.36. The second kappa shape index (κ2) is 8.84. The van der Waals surface area contributed by atoms with Crippen molar-refractivity contribution in [2.75, 3.05) is 11.1 Å². The molecule has 180 valence electrons. The third-order valence-corrected chi connectivity index (χ3v) is 5.72. The van der Waals surface area contributed by atoms with Crippen LogP contribution in [0.2, 0.25) is 0 Å². The highest BCUT2D eigenvalue weighted by molar-refractivity contribution is 6.08. The Morgan fingerprint density at radius 2 is 1.78 bits per heavy atom. The Labute approximate surface area is 207 Å². The fourth-order valence-electron chi connectivity index (χ4n) is 4.14. The van der Waals surface area contributed by atoms with Crippen LogP contribution in [-0.2, 0) is 5.54 Å². The number of benzene rings is 2. The van der Waals surface area contributed by atoms with E-state index in [9.17, 15) is 9.18 Å². The van der Waals surface area contributed by atoms with Gasteiger partial charge in [-0.15, -0.1) is 0 Å². The number of nitrogens with one attached hydrogen (secondary N) is 1. The summed E-state index contributed by atoms with van der Waals surface area (Å²) in [6, 6.07) is 13.4. The van der Waals surface area contributed by atoms with Crippen LogP contribution in [-0.4, -0.2) is 30.4 Å². The van der Waals surface area contributed by atoms with Gasteiger partial charge in [-0.1, -0.05) is 6.07 Å². The molecule has 1 amide bonds. The van der Waals surface area contributed by atoms with Crippen LogP contribution in [0.15, 0.2) is 73.3 Å². The SMILES string of the molecule is CC(C)(C)n1c(-c2cc(F)ccc2C(=O)Nc2cccnc2)nc2cc(-c3cnc(N)nc3)ccc21. The highest BCUT2D eigenvalue weighted by atomic mass is 19.1. The minimum absolute atomic E-state index is 0.197. The van der Waals surface area contributed by atoms with Crippen molar-refractivity contribution >= 4 is 28.6 Å². The molecule has 3 aromatic heterocycles. The summed E-state index contributed by atoms with van der Waals surface area (Å²) in [4.78, 5) is 30.3. The first kappa shape index (κ1) is 23.1. The highest BCUT2D eigenvalue weighted by Crippen LogP contribution is 2.35. The summed E-state index contributed by atoms with van der Waals surface area (Å²) in [7, 11) is 0. The van der Waals surface area contributed by atoms with Crippen molar-refractivity contribution in [3.05, 3.63) is 84.7 Å². The first-order valence-electron chi connectivity index (χ1n) is 11.3. The molecule has 5 aromatic rings. The van der Waals surface area contributed by atoms with Gasteiger partial charge in [-0.25, -0.2) is 19.3 Å². The van der Waals surface area contributed by atoms with Crippen molar-refractivity contribution in [2.24, 2.45) is 0 Å². The fourth-order valence-corrected chi connectivity index (χ4v) is 4.14. The molecular formula is C27H24FN7O. The van der Waals surface area contributed by atoms with E-state index in [4.69, 9.17) is 10.7 Å². The molecule has 8 nitrogen and oxygen atoms in total. The molecule has 0 radical (unpaired) electrons. The van der Waals surface area contributed by atoms with Gasteiger partial charge in [0.25, 0.3) is 5.91 Å². The molecule has 3 N–H and O–H groups in total. The Morgan fingerprint density at radius 1 is 1.00 bits per heavy atom. The number of anilines is 2. The maximum absolute atomic E-state index is 14.5. The highest BCUT2D eigenvalue weighted by Gasteiger charge is 2.26. The number of imidazole rings is 1. The van der Waals surface area contributed by atoms with Crippen LogP contribution < -0.4 is 11.1 Å². The van der Waals surface area contributed by atoms with Gasteiger partial charge in [0.1, 0.15) is 11.6 Å². The number of hydrogen-bond acceptors (Lipinski definition) is 6. The van der Waals surface area contributed by atoms with Gasteiger partial charge in [-0.05, 0) is 68.8 Å². The number of aromatic nitrogens is 5.